The average molecular weight is 276 g/mol. The van der Waals surface area contributed by atoms with E-state index in [0.29, 0.717) is 0 Å². The van der Waals surface area contributed by atoms with Crippen LogP contribution in [0, 0.1) is 0 Å². The van der Waals surface area contributed by atoms with Crippen LogP contribution in [0.3, 0.4) is 0 Å². The molecule has 2 aromatic rings. The van der Waals surface area contributed by atoms with Gasteiger partial charge >= 0.3 is 0 Å². The molecule has 4 nitrogen and oxygen atoms in total. The number of likely N-dealkylation sites (tertiary alicyclic amines) is 1. The fourth-order valence-electron chi connectivity index (χ4n) is 2.75. The molecule has 3 heterocycles. The lowest BCUT2D eigenvalue weighted by molar-refractivity contribution is 0.162. The van der Waals surface area contributed by atoms with E-state index in [1.807, 2.05) is 24.1 Å². The predicted molar refractivity (Wildman–Crippen MR) is 77.2 cm³/mol. The zero-order valence-electron chi connectivity index (χ0n) is 11.5. The van der Waals surface area contributed by atoms with E-state index in [-0.39, 0.29) is 5.41 Å². The maximum Gasteiger partial charge on any atom is 0.0984 e. The van der Waals surface area contributed by atoms with Crippen LogP contribution in [-0.2, 0) is 19.0 Å². The SMILES string of the molecule is Cn1cc(CN2CCC(C)(c3nccs3)CC2)cn1. The molecule has 19 heavy (non-hydrogen) atoms. The topological polar surface area (TPSA) is 34.0 Å². The fourth-order valence-corrected chi connectivity index (χ4v) is 3.61. The van der Waals surface area contributed by atoms with Crippen molar-refractivity contribution < 1.29 is 0 Å². The highest BCUT2D eigenvalue weighted by molar-refractivity contribution is 7.09. The summed E-state index contributed by atoms with van der Waals surface area (Å²) >= 11 is 1.79. The van der Waals surface area contributed by atoms with Crippen molar-refractivity contribution in [1.82, 2.24) is 19.7 Å². The molecule has 3 rings (SSSR count). The summed E-state index contributed by atoms with van der Waals surface area (Å²) < 4.78 is 1.87. The van der Waals surface area contributed by atoms with Gasteiger partial charge in [-0.05, 0) is 25.9 Å². The van der Waals surface area contributed by atoms with Crippen molar-refractivity contribution >= 4 is 11.3 Å². The van der Waals surface area contributed by atoms with Crippen molar-refractivity contribution in [2.24, 2.45) is 7.05 Å². The van der Waals surface area contributed by atoms with Crippen molar-refractivity contribution in [1.29, 1.82) is 0 Å². The quantitative estimate of drug-likeness (QED) is 0.863. The Morgan fingerprint density at radius 2 is 2.16 bits per heavy atom. The highest BCUT2D eigenvalue weighted by Crippen LogP contribution is 2.36. The molecular weight excluding hydrogens is 256 g/mol. The molecule has 0 amide bonds. The highest BCUT2D eigenvalue weighted by Gasteiger charge is 2.33. The highest BCUT2D eigenvalue weighted by atomic mass is 32.1. The summed E-state index contributed by atoms with van der Waals surface area (Å²) in [6.07, 6.45) is 8.39. The van der Waals surface area contributed by atoms with E-state index in [1.54, 1.807) is 11.3 Å². The Balaban J connectivity index is 1.60. The van der Waals surface area contributed by atoms with Crippen molar-refractivity contribution in [3.63, 3.8) is 0 Å². The number of rotatable bonds is 3. The molecule has 0 aromatic carbocycles. The third-order valence-corrected chi connectivity index (χ3v) is 5.15. The van der Waals surface area contributed by atoms with Gasteiger partial charge in [-0.2, -0.15) is 5.10 Å². The third-order valence-electron chi connectivity index (χ3n) is 4.07. The van der Waals surface area contributed by atoms with Gasteiger partial charge in [-0.25, -0.2) is 4.98 Å². The van der Waals surface area contributed by atoms with Crippen LogP contribution in [0.4, 0.5) is 0 Å². The summed E-state index contributed by atoms with van der Waals surface area (Å²) in [7, 11) is 1.97. The van der Waals surface area contributed by atoms with Gasteiger partial charge in [-0.15, -0.1) is 11.3 Å². The first-order valence-electron chi connectivity index (χ1n) is 6.76. The fraction of sp³-hybridized carbons (Fsp3) is 0.571. The second-order valence-electron chi connectivity index (χ2n) is 5.70. The van der Waals surface area contributed by atoms with Gasteiger partial charge in [0, 0.05) is 42.3 Å². The number of hydrogen-bond donors (Lipinski definition) is 0. The van der Waals surface area contributed by atoms with Gasteiger partial charge in [0.25, 0.3) is 0 Å². The molecular formula is C14H20N4S. The maximum atomic E-state index is 4.51. The molecule has 0 bridgehead atoms. The lowest BCUT2D eigenvalue weighted by Gasteiger charge is -2.38. The Kier molecular flexibility index (Phi) is 3.41. The number of hydrogen-bond acceptors (Lipinski definition) is 4. The summed E-state index contributed by atoms with van der Waals surface area (Å²) in [5.74, 6) is 0. The van der Waals surface area contributed by atoms with E-state index in [2.05, 4.69) is 33.5 Å². The Labute approximate surface area is 118 Å². The number of aryl methyl sites for hydroxylation is 1. The molecule has 0 unspecified atom stereocenters. The molecule has 0 spiro atoms. The van der Waals surface area contributed by atoms with Gasteiger partial charge in [0.1, 0.15) is 0 Å². The second-order valence-corrected chi connectivity index (χ2v) is 6.59. The Morgan fingerprint density at radius 1 is 1.37 bits per heavy atom. The Bertz CT molecular complexity index is 523. The molecule has 1 aliphatic heterocycles. The molecule has 2 aromatic heterocycles. The van der Waals surface area contributed by atoms with Crippen molar-refractivity contribution in [2.75, 3.05) is 13.1 Å². The van der Waals surface area contributed by atoms with E-state index in [1.165, 1.54) is 23.4 Å². The van der Waals surface area contributed by atoms with Gasteiger partial charge in [-0.3, -0.25) is 9.58 Å². The largest absolute Gasteiger partial charge is 0.299 e. The Hall–Kier alpha value is -1.20. The monoisotopic (exact) mass is 276 g/mol. The van der Waals surface area contributed by atoms with Crippen LogP contribution in [0.2, 0.25) is 0 Å². The van der Waals surface area contributed by atoms with E-state index in [0.717, 1.165) is 19.6 Å². The first-order chi connectivity index (χ1) is 9.16. The average Bonchev–Trinajstić information content (AvgIpc) is 3.04. The molecule has 0 radical (unpaired) electrons. The molecule has 0 N–H and O–H groups in total. The van der Waals surface area contributed by atoms with Crippen molar-refractivity contribution in [2.45, 2.75) is 31.7 Å². The summed E-state index contributed by atoms with van der Waals surface area (Å²) in [4.78, 5) is 7.03. The lowest BCUT2D eigenvalue weighted by atomic mass is 9.81. The summed E-state index contributed by atoms with van der Waals surface area (Å²) in [6, 6.07) is 0. The lowest BCUT2D eigenvalue weighted by Crippen LogP contribution is -2.40. The van der Waals surface area contributed by atoms with Crippen LogP contribution < -0.4 is 0 Å². The minimum atomic E-state index is 0.277. The van der Waals surface area contributed by atoms with Crippen LogP contribution in [0.25, 0.3) is 0 Å². The number of aromatic nitrogens is 3. The first-order valence-corrected chi connectivity index (χ1v) is 7.63. The van der Waals surface area contributed by atoms with E-state index in [9.17, 15) is 0 Å². The third kappa shape index (κ3) is 2.72. The summed E-state index contributed by atoms with van der Waals surface area (Å²) in [6.45, 7) is 5.66. The van der Waals surface area contributed by atoms with Gasteiger partial charge < -0.3 is 0 Å². The van der Waals surface area contributed by atoms with Crippen LogP contribution in [0.1, 0.15) is 30.3 Å². The van der Waals surface area contributed by atoms with Crippen LogP contribution in [-0.4, -0.2) is 32.8 Å². The zero-order valence-corrected chi connectivity index (χ0v) is 12.4. The molecule has 102 valence electrons. The van der Waals surface area contributed by atoms with Crippen LogP contribution in [0.5, 0.6) is 0 Å². The summed E-state index contributed by atoms with van der Waals surface area (Å²) in [5.41, 5.74) is 1.58. The number of nitrogens with zero attached hydrogens (tertiary/aromatic N) is 4. The zero-order chi connectivity index (χ0) is 13.3. The van der Waals surface area contributed by atoms with E-state index in [4.69, 9.17) is 0 Å². The molecule has 0 saturated carbocycles. The van der Waals surface area contributed by atoms with Gasteiger partial charge in [-0.1, -0.05) is 6.92 Å². The predicted octanol–water partition coefficient (Wildman–Crippen LogP) is 2.43. The maximum absolute atomic E-state index is 4.51. The molecule has 1 saturated heterocycles. The number of piperidine rings is 1. The van der Waals surface area contributed by atoms with Crippen molar-refractivity contribution in [3.8, 4) is 0 Å². The molecule has 0 atom stereocenters. The number of thiazole rings is 1. The second kappa shape index (κ2) is 5.06. The molecule has 5 heteroatoms. The molecule has 1 aliphatic rings. The van der Waals surface area contributed by atoms with Gasteiger partial charge in [0.15, 0.2) is 0 Å². The molecule has 0 aliphatic carbocycles. The van der Waals surface area contributed by atoms with E-state index < -0.39 is 0 Å². The molecule has 1 fully saturated rings. The first kappa shape index (κ1) is 12.8. The van der Waals surface area contributed by atoms with E-state index >= 15 is 0 Å². The van der Waals surface area contributed by atoms with Crippen molar-refractivity contribution in [3.05, 3.63) is 34.5 Å². The normalized spacial score (nSPS) is 19.7. The minimum absolute atomic E-state index is 0.277. The smallest absolute Gasteiger partial charge is 0.0984 e. The van der Waals surface area contributed by atoms with Crippen LogP contribution >= 0.6 is 11.3 Å². The van der Waals surface area contributed by atoms with Crippen LogP contribution in [0.15, 0.2) is 24.0 Å². The van der Waals surface area contributed by atoms with Gasteiger partial charge in [0.2, 0.25) is 0 Å². The minimum Gasteiger partial charge on any atom is -0.299 e. The Morgan fingerprint density at radius 3 is 2.74 bits per heavy atom. The summed E-state index contributed by atoms with van der Waals surface area (Å²) in [5, 5.41) is 7.62. The standard InChI is InChI=1S/C14H20N4S/c1-14(13-15-5-8-19-13)3-6-18(7-4-14)11-12-9-16-17(2)10-12/h5,8-10H,3-4,6-7,11H2,1-2H3. The van der Waals surface area contributed by atoms with Gasteiger partial charge in [0.05, 0.1) is 11.2 Å².